The fourth-order valence-electron chi connectivity index (χ4n) is 2.12. The molecule has 0 aromatic heterocycles. The summed E-state index contributed by atoms with van der Waals surface area (Å²) >= 11 is 0. The van der Waals surface area contributed by atoms with Crippen molar-refractivity contribution in [3.8, 4) is 5.75 Å². The minimum atomic E-state index is -4.28. The van der Waals surface area contributed by atoms with Crippen LogP contribution in [0.2, 0.25) is 0 Å². The molecule has 0 unspecified atom stereocenters. The molecule has 6 heteroatoms. The standard InChI is InChI=1S/C13H14F2O4/c1-2-8-3-4-9(12(5-6-12)11(16)17)7-10(8)19-13(14,15)18/h3-4,7,18H,2,5-6H2,1H3,(H,16,17). The Morgan fingerprint density at radius 1 is 1.47 bits per heavy atom. The Bertz CT molecular complexity index is 504. The van der Waals surface area contributed by atoms with Gasteiger partial charge in [0.15, 0.2) is 0 Å². The summed E-state index contributed by atoms with van der Waals surface area (Å²) in [7, 11) is 0. The predicted octanol–water partition coefficient (Wildman–Crippen LogP) is 2.29. The quantitative estimate of drug-likeness (QED) is 0.807. The first-order chi connectivity index (χ1) is 8.78. The van der Waals surface area contributed by atoms with Crippen molar-refractivity contribution in [2.45, 2.75) is 37.9 Å². The van der Waals surface area contributed by atoms with Crippen molar-refractivity contribution >= 4 is 5.97 Å². The molecule has 1 aromatic rings. The van der Waals surface area contributed by atoms with Gasteiger partial charge >= 0.3 is 12.3 Å². The molecule has 0 amide bonds. The zero-order valence-electron chi connectivity index (χ0n) is 10.3. The highest BCUT2D eigenvalue weighted by Crippen LogP contribution is 2.49. The van der Waals surface area contributed by atoms with Crippen LogP contribution in [0.25, 0.3) is 0 Å². The van der Waals surface area contributed by atoms with E-state index in [0.29, 0.717) is 30.4 Å². The van der Waals surface area contributed by atoms with Gasteiger partial charge in [-0.1, -0.05) is 19.1 Å². The number of aliphatic carboxylic acids is 1. The molecule has 1 aliphatic carbocycles. The van der Waals surface area contributed by atoms with Gasteiger partial charge in [-0.2, -0.15) is 0 Å². The molecule has 1 saturated carbocycles. The molecule has 0 radical (unpaired) electrons. The van der Waals surface area contributed by atoms with E-state index in [9.17, 15) is 13.6 Å². The van der Waals surface area contributed by atoms with Crippen LogP contribution in [0.4, 0.5) is 8.78 Å². The number of ether oxygens (including phenoxy) is 1. The molecule has 0 spiro atoms. The van der Waals surface area contributed by atoms with E-state index in [0.717, 1.165) is 0 Å². The number of alkyl halides is 2. The van der Waals surface area contributed by atoms with Crippen LogP contribution < -0.4 is 4.74 Å². The molecule has 1 fully saturated rings. The largest absolute Gasteiger partial charge is 0.532 e. The van der Waals surface area contributed by atoms with Gasteiger partial charge < -0.3 is 14.9 Å². The van der Waals surface area contributed by atoms with Gasteiger partial charge in [0.1, 0.15) is 5.75 Å². The van der Waals surface area contributed by atoms with E-state index in [1.807, 2.05) is 0 Å². The van der Waals surface area contributed by atoms with Crippen molar-refractivity contribution in [2.75, 3.05) is 0 Å². The number of carbonyl (C=O) groups is 1. The maximum atomic E-state index is 12.5. The Hall–Kier alpha value is -1.69. The summed E-state index contributed by atoms with van der Waals surface area (Å²) in [5.41, 5.74) is -0.0788. The summed E-state index contributed by atoms with van der Waals surface area (Å²) in [5.74, 6) is -1.15. The van der Waals surface area contributed by atoms with Gasteiger partial charge in [-0.3, -0.25) is 4.79 Å². The van der Waals surface area contributed by atoms with Crippen molar-refractivity contribution in [1.29, 1.82) is 0 Å². The highest BCUT2D eigenvalue weighted by atomic mass is 19.3. The summed E-state index contributed by atoms with van der Waals surface area (Å²) in [6, 6.07) is 4.45. The number of carboxylic acid groups (broad SMARTS) is 1. The van der Waals surface area contributed by atoms with Gasteiger partial charge in [-0.15, -0.1) is 8.78 Å². The number of rotatable bonds is 5. The van der Waals surface area contributed by atoms with Crippen LogP contribution in [-0.2, 0) is 16.6 Å². The van der Waals surface area contributed by atoms with E-state index in [1.54, 1.807) is 19.1 Å². The van der Waals surface area contributed by atoms with E-state index >= 15 is 0 Å². The number of carboxylic acids is 1. The fraction of sp³-hybridized carbons (Fsp3) is 0.462. The van der Waals surface area contributed by atoms with E-state index in [2.05, 4.69) is 4.74 Å². The van der Waals surface area contributed by atoms with Gasteiger partial charge in [-0.25, -0.2) is 0 Å². The molecule has 0 heterocycles. The lowest BCUT2D eigenvalue weighted by Crippen LogP contribution is -2.25. The summed E-state index contributed by atoms with van der Waals surface area (Å²) in [5, 5.41) is 17.6. The second-order valence-corrected chi connectivity index (χ2v) is 4.65. The first kappa shape index (κ1) is 13.7. The topological polar surface area (TPSA) is 66.8 Å². The van der Waals surface area contributed by atoms with Gasteiger partial charge in [0, 0.05) is 0 Å². The molecule has 0 saturated heterocycles. The van der Waals surface area contributed by atoms with Crippen molar-refractivity contribution in [1.82, 2.24) is 0 Å². The summed E-state index contributed by atoms with van der Waals surface area (Å²) in [4.78, 5) is 11.2. The number of hydrogen-bond acceptors (Lipinski definition) is 3. The highest BCUT2D eigenvalue weighted by molar-refractivity contribution is 5.85. The second kappa shape index (κ2) is 4.45. The van der Waals surface area contributed by atoms with Crippen molar-refractivity contribution in [2.24, 2.45) is 0 Å². The third-order valence-electron chi connectivity index (χ3n) is 3.39. The van der Waals surface area contributed by atoms with E-state index in [4.69, 9.17) is 10.2 Å². The molecule has 0 atom stereocenters. The van der Waals surface area contributed by atoms with Gasteiger partial charge in [0.2, 0.25) is 0 Å². The van der Waals surface area contributed by atoms with Crippen molar-refractivity contribution in [3.05, 3.63) is 29.3 Å². The number of halogens is 2. The Morgan fingerprint density at radius 2 is 2.11 bits per heavy atom. The molecule has 0 aliphatic heterocycles. The monoisotopic (exact) mass is 272 g/mol. The SMILES string of the molecule is CCc1ccc(C2(C(=O)O)CC2)cc1OC(O)(F)F. The molecule has 1 aliphatic rings. The molecule has 0 bridgehead atoms. The zero-order valence-corrected chi connectivity index (χ0v) is 10.3. The average molecular weight is 272 g/mol. The lowest BCUT2D eigenvalue weighted by Gasteiger charge is -2.17. The minimum absolute atomic E-state index is 0.181. The lowest BCUT2D eigenvalue weighted by molar-refractivity contribution is -0.327. The molecule has 19 heavy (non-hydrogen) atoms. The summed E-state index contributed by atoms with van der Waals surface area (Å²) in [6.45, 7) is 1.75. The van der Waals surface area contributed by atoms with Crippen LogP contribution in [0.5, 0.6) is 5.75 Å². The summed E-state index contributed by atoms with van der Waals surface area (Å²) < 4.78 is 29.3. The van der Waals surface area contributed by atoms with Crippen molar-refractivity contribution in [3.63, 3.8) is 0 Å². The van der Waals surface area contributed by atoms with Crippen LogP contribution in [0.3, 0.4) is 0 Å². The Balaban J connectivity index is 2.39. The summed E-state index contributed by atoms with van der Waals surface area (Å²) in [6.07, 6.45) is -2.89. The van der Waals surface area contributed by atoms with Gasteiger partial charge in [0.05, 0.1) is 5.41 Å². The van der Waals surface area contributed by atoms with Crippen LogP contribution in [0, 0.1) is 0 Å². The second-order valence-electron chi connectivity index (χ2n) is 4.65. The molecular formula is C13H14F2O4. The molecular weight excluding hydrogens is 258 g/mol. The van der Waals surface area contributed by atoms with Gasteiger partial charge in [0.25, 0.3) is 0 Å². The molecule has 1 aromatic carbocycles. The molecule has 2 rings (SSSR count). The number of hydrogen-bond donors (Lipinski definition) is 2. The molecule has 104 valence electrons. The molecule has 2 N–H and O–H groups in total. The average Bonchev–Trinajstić information content (AvgIpc) is 3.07. The number of aliphatic hydroxyl groups is 1. The minimum Gasteiger partial charge on any atom is -0.481 e. The maximum Gasteiger partial charge on any atom is 0.532 e. The normalized spacial score (nSPS) is 17.1. The maximum absolute atomic E-state index is 12.5. The van der Waals surface area contributed by atoms with Crippen LogP contribution in [0.15, 0.2) is 18.2 Å². The van der Waals surface area contributed by atoms with Crippen LogP contribution >= 0.6 is 0 Å². The van der Waals surface area contributed by atoms with Gasteiger partial charge in [-0.05, 0) is 36.5 Å². The Labute approximate surface area is 108 Å². The van der Waals surface area contributed by atoms with Crippen LogP contribution in [-0.4, -0.2) is 22.5 Å². The van der Waals surface area contributed by atoms with E-state index in [-0.39, 0.29) is 5.75 Å². The smallest absolute Gasteiger partial charge is 0.481 e. The van der Waals surface area contributed by atoms with Crippen LogP contribution in [0.1, 0.15) is 30.9 Å². The van der Waals surface area contributed by atoms with E-state index < -0.39 is 17.7 Å². The highest BCUT2D eigenvalue weighted by Gasteiger charge is 2.52. The van der Waals surface area contributed by atoms with Crippen molar-refractivity contribution < 1.29 is 28.5 Å². The zero-order chi connectivity index (χ0) is 14.3. The number of aryl methyl sites for hydroxylation is 1. The predicted molar refractivity (Wildman–Crippen MR) is 62.2 cm³/mol. The Morgan fingerprint density at radius 3 is 2.53 bits per heavy atom. The fourth-order valence-corrected chi connectivity index (χ4v) is 2.12. The Kier molecular flexibility index (Phi) is 3.22. The molecule has 4 nitrogen and oxygen atoms in total. The number of benzene rings is 1. The van der Waals surface area contributed by atoms with E-state index in [1.165, 1.54) is 6.07 Å². The first-order valence-corrected chi connectivity index (χ1v) is 5.94. The first-order valence-electron chi connectivity index (χ1n) is 5.94. The lowest BCUT2D eigenvalue weighted by atomic mass is 9.94. The third kappa shape index (κ3) is 2.68. The third-order valence-corrected chi connectivity index (χ3v) is 3.39.